The van der Waals surface area contributed by atoms with Gasteiger partial charge in [-0.15, -0.1) is 0 Å². The van der Waals surface area contributed by atoms with Crippen molar-refractivity contribution < 1.29 is 4.79 Å². The summed E-state index contributed by atoms with van der Waals surface area (Å²) in [4.78, 5) is 25.9. The van der Waals surface area contributed by atoms with Crippen LogP contribution in [-0.2, 0) is 0 Å². The van der Waals surface area contributed by atoms with Crippen molar-refractivity contribution in [2.24, 2.45) is 0 Å². The second-order valence-electron chi connectivity index (χ2n) is 7.29. The molecule has 0 spiro atoms. The third-order valence-electron chi connectivity index (χ3n) is 5.40. The number of amides is 1. The lowest BCUT2D eigenvalue weighted by molar-refractivity contribution is 0.102. The fraction of sp³-hybridized carbons (Fsp3) is 0.500. The quantitative estimate of drug-likeness (QED) is 0.810. The van der Waals surface area contributed by atoms with Gasteiger partial charge in [-0.2, -0.15) is 0 Å². The van der Waals surface area contributed by atoms with Gasteiger partial charge in [-0.25, -0.2) is 9.97 Å². The van der Waals surface area contributed by atoms with Crippen molar-refractivity contribution in [2.45, 2.75) is 46.5 Å². The van der Waals surface area contributed by atoms with Gasteiger partial charge in [0.25, 0.3) is 5.91 Å². The number of carbonyl (C=O) groups excluding carboxylic acids is 1. The van der Waals surface area contributed by atoms with E-state index in [-0.39, 0.29) is 5.91 Å². The Labute approximate surface area is 168 Å². The summed E-state index contributed by atoms with van der Waals surface area (Å²) in [5.41, 5.74) is 3.43. The van der Waals surface area contributed by atoms with Crippen LogP contribution in [0.15, 0.2) is 30.6 Å². The fourth-order valence-electron chi connectivity index (χ4n) is 3.70. The standard InChI is InChI=1S/C22H31N5O/c1-4-26(5-2)18-10-11-19(17(3)14-18)25-22(28)20-15-21(24-16-23-20)27-12-8-6-7-9-13-27/h10-11,14-16H,4-9,12-13H2,1-3H3,(H,25,28). The largest absolute Gasteiger partial charge is 0.372 e. The van der Waals surface area contributed by atoms with Crippen LogP contribution in [0.5, 0.6) is 0 Å². The van der Waals surface area contributed by atoms with Crippen molar-refractivity contribution in [1.82, 2.24) is 9.97 Å². The smallest absolute Gasteiger partial charge is 0.274 e. The summed E-state index contributed by atoms with van der Waals surface area (Å²) in [7, 11) is 0. The lowest BCUT2D eigenvalue weighted by Gasteiger charge is -2.22. The minimum Gasteiger partial charge on any atom is -0.372 e. The zero-order chi connectivity index (χ0) is 19.9. The number of nitrogens with one attached hydrogen (secondary N) is 1. The van der Waals surface area contributed by atoms with Crippen molar-refractivity contribution in [1.29, 1.82) is 0 Å². The van der Waals surface area contributed by atoms with Crippen molar-refractivity contribution in [3.63, 3.8) is 0 Å². The van der Waals surface area contributed by atoms with E-state index in [0.29, 0.717) is 5.69 Å². The van der Waals surface area contributed by atoms with Gasteiger partial charge in [0.15, 0.2) is 0 Å². The molecule has 0 saturated carbocycles. The number of carbonyl (C=O) groups is 1. The van der Waals surface area contributed by atoms with E-state index >= 15 is 0 Å². The van der Waals surface area contributed by atoms with E-state index in [1.807, 2.05) is 13.0 Å². The summed E-state index contributed by atoms with van der Waals surface area (Å²) < 4.78 is 0. The number of hydrogen-bond donors (Lipinski definition) is 1. The highest BCUT2D eigenvalue weighted by atomic mass is 16.1. The van der Waals surface area contributed by atoms with Crippen LogP contribution in [0.3, 0.4) is 0 Å². The van der Waals surface area contributed by atoms with Crippen LogP contribution >= 0.6 is 0 Å². The number of aryl methyl sites for hydroxylation is 1. The lowest BCUT2D eigenvalue weighted by Crippen LogP contribution is -2.26. The summed E-state index contributed by atoms with van der Waals surface area (Å²) in [5, 5.41) is 3.00. The summed E-state index contributed by atoms with van der Waals surface area (Å²) in [6.07, 6.45) is 6.36. The molecule has 1 saturated heterocycles. The highest BCUT2D eigenvalue weighted by molar-refractivity contribution is 6.03. The molecule has 1 N–H and O–H groups in total. The zero-order valence-electron chi connectivity index (χ0n) is 17.2. The van der Waals surface area contributed by atoms with Gasteiger partial charge in [-0.05, 0) is 57.4 Å². The zero-order valence-corrected chi connectivity index (χ0v) is 17.2. The molecule has 1 amide bonds. The van der Waals surface area contributed by atoms with Gasteiger partial charge in [0.05, 0.1) is 0 Å². The van der Waals surface area contributed by atoms with Crippen LogP contribution in [0.1, 0.15) is 55.6 Å². The number of benzene rings is 1. The van der Waals surface area contributed by atoms with Gasteiger partial charge in [-0.3, -0.25) is 4.79 Å². The first-order valence-corrected chi connectivity index (χ1v) is 10.4. The van der Waals surface area contributed by atoms with E-state index in [9.17, 15) is 4.79 Å². The molecule has 3 rings (SSSR count). The van der Waals surface area contributed by atoms with Gasteiger partial charge in [-0.1, -0.05) is 12.8 Å². The van der Waals surface area contributed by atoms with Crippen molar-refractivity contribution >= 4 is 23.1 Å². The second kappa shape index (κ2) is 9.53. The number of nitrogens with zero attached hydrogens (tertiary/aromatic N) is 4. The molecule has 0 aliphatic carbocycles. The Morgan fingerprint density at radius 2 is 1.79 bits per heavy atom. The van der Waals surface area contributed by atoms with E-state index in [4.69, 9.17) is 0 Å². The second-order valence-corrected chi connectivity index (χ2v) is 7.29. The minimum absolute atomic E-state index is 0.197. The van der Waals surface area contributed by atoms with E-state index in [2.05, 4.69) is 51.1 Å². The molecule has 1 aromatic carbocycles. The van der Waals surface area contributed by atoms with Crippen LogP contribution < -0.4 is 15.1 Å². The molecule has 1 aromatic heterocycles. The molecule has 1 aliphatic rings. The number of anilines is 3. The molecular formula is C22H31N5O. The average molecular weight is 382 g/mol. The molecule has 0 atom stereocenters. The topological polar surface area (TPSA) is 61.4 Å². The molecular weight excluding hydrogens is 350 g/mol. The maximum Gasteiger partial charge on any atom is 0.274 e. The Morgan fingerprint density at radius 3 is 2.43 bits per heavy atom. The molecule has 2 aromatic rings. The molecule has 1 fully saturated rings. The third-order valence-corrected chi connectivity index (χ3v) is 5.40. The molecule has 0 unspecified atom stereocenters. The Morgan fingerprint density at radius 1 is 1.07 bits per heavy atom. The van der Waals surface area contributed by atoms with E-state index in [0.717, 1.165) is 43.2 Å². The summed E-state index contributed by atoms with van der Waals surface area (Å²) in [6, 6.07) is 7.95. The van der Waals surface area contributed by atoms with E-state index < -0.39 is 0 Å². The highest BCUT2D eigenvalue weighted by Crippen LogP contribution is 2.23. The van der Waals surface area contributed by atoms with Gasteiger partial charge in [0, 0.05) is 43.6 Å². The van der Waals surface area contributed by atoms with Gasteiger partial charge in [0.2, 0.25) is 0 Å². The molecule has 28 heavy (non-hydrogen) atoms. The first kappa shape index (κ1) is 20.1. The van der Waals surface area contributed by atoms with Crippen LogP contribution in [0.4, 0.5) is 17.2 Å². The number of hydrogen-bond acceptors (Lipinski definition) is 5. The Hall–Kier alpha value is -2.63. The fourth-order valence-corrected chi connectivity index (χ4v) is 3.70. The van der Waals surface area contributed by atoms with Gasteiger partial charge >= 0.3 is 0 Å². The first-order valence-electron chi connectivity index (χ1n) is 10.4. The molecule has 6 heteroatoms. The van der Waals surface area contributed by atoms with E-state index in [1.165, 1.54) is 37.7 Å². The Bertz CT molecular complexity index is 795. The van der Waals surface area contributed by atoms with Crippen LogP contribution in [0.2, 0.25) is 0 Å². The molecule has 0 radical (unpaired) electrons. The molecule has 150 valence electrons. The molecule has 0 bridgehead atoms. The third kappa shape index (κ3) is 4.80. The van der Waals surface area contributed by atoms with Crippen LogP contribution in [0.25, 0.3) is 0 Å². The average Bonchev–Trinajstić information content (AvgIpc) is 3.00. The predicted octanol–water partition coefficient (Wildman–Crippen LogP) is 4.26. The molecule has 2 heterocycles. The Balaban J connectivity index is 1.73. The summed E-state index contributed by atoms with van der Waals surface area (Å²) in [5.74, 6) is 0.646. The maximum atomic E-state index is 12.8. The normalized spacial score (nSPS) is 14.5. The van der Waals surface area contributed by atoms with Crippen LogP contribution in [-0.4, -0.2) is 42.1 Å². The highest BCUT2D eigenvalue weighted by Gasteiger charge is 2.15. The number of rotatable bonds is 6. The monoisotopic (exact) mass is 381 g/mol. The lowest BCUT2D eigenvalue weighted by atomic mass is 10.1. The van der Waals surface area contributed by atoms with Crippen LogP contribution in [0, 0.1) is 6.92 Å². The first-order chi connectivity index (χ1) is 13.6. The molecule has 6 nitrogen and oxygen atoms in total. The summed E-state index contributed by atoms with van der Waals surface area (Å²) >= 11 is 0. The summed E-state index contributed by atoms with van der Waals surface area (Å²) in [6.45, 7) is 10.2. The Kier molecular flexibility index (Phi) is 6.85. The number of aromatic nitrogens is 2. The van der Waals surface area contributed by atoms with Gasteiger partial charge in [0.1, 0.15) is 17.8 Å². The van der Waals surface area contributed by atoms with Crippen molar-refractivity contribution in [3.8, 4) is 0 Å². The maximum absolute atomic E-state index is 12.8. The van der Waals surface area contributed by atoms with Crippen molar-refractivity contribution in [2.75, 3.05) is 41.3 Å². The minimum atomic E-state index is -0.197. The van der Waals surface area contributed by atoms with E-state index in [1.54, 1.807) is 6.07 Å². The van der Waals surface area contributed by atoms with Crippen molar-refractivity contribution in [3.05, 3.63) is 41.9 Å². The SMILES string of the molecule is CCN(CC)c1ccc(NC(=O)c2cc(N3CCCCCC3)ncn2)c(C)c1. The van der Waals surface area contributed by atoms with Gasteiger partial charge < -0.3 is 15.1 Å². The molecule has 1 aliphatic heterocycles. The predicted molar refractivity (Wildman–Crippen MR) is 115 cm³/mol.